The van der Waals surface area contributed by atoms with Crippen LogP contribution >= 0.6 is 12.4 Å². The van der Waals surface area contributed by atoms with Gasteiger partial charge in [0.05, 0.1) is 5.54 Å². The second kappa shape index (κ2) is 6.04. The Morgan fingerprint density at radius 1 is 0.864 bits per heavy atom. The first-order valence-electron chi connectivity index (χ1n) is 7.60. The van der Waals surface area contributed by atoms with Crippen molar-refractivity contribution < 1.29 is 0 Å². The van der Waals surface area contributed by atoms with E-state index in [0.29, 0.717) is 0 Å². The van der Waals surface area contributed by atoms with Crippen molar-refractivity contribution >= 4 is 12.4 Å². The van der Waals surface area contributed by atoms with Crippen LogP contribution in [0, 0.1) is 0 Å². The summed E-state index contributed by atoms with van der Waals surface area (Å²) in [6.07, 6.45) is 0. The van der Waals surface area contributed by atoms with Crippen molar-refractivity contribution in [2.75, 3.05) is 13.1 Å². The Labute approximate surface area is 139 Å². The molecule has 3 rings (SSSR count). The van der Waals surface area contributed by atoms with E-state index < -0.39 is 0 Å². The average molecular weight is 317 g/mol. The summed E-state index contributed by atoms with van der Waals surface area (Å²) < 4.78 is 0. The molecule has 118 valence electrons. The molecule has 0 bridgehead atoms. The Kier molecular flexibility index (Phi) is 4.67. The van der Waals surface area contributed by atoms with Crippen LogP contribution in [0.15, 0.2) is 48.5 Å². The highest BCUT2D eigenvalue weighted by Crippen LogP contribution is 2.28. The minimum absolute atomic E-state index is 0. The standard InChI is InChI=1S/C19H24N2.ClH/c1-18(2,3)16-8-4-14(5-9-16)15-6-10-17(11-7-15)19(20)12-21-13-19;/h4-11,21H,12-13,20H2,1-3H3;1H. The Morgan fingerprint density at radius 3 is 1.68 bits per heavy atom. The van der Waals surface area contributed by atoms with Crippen molar-refractivity contribution in [1.82, 2.24) is 5.32 Å². The van der Waals surface area contributed by atoms with Crippen molar-refractivity contribution in [3.63, 3.8) is 0 Å². The van der Waals surface area contributed by atoms with E-state index in [0.717, 1.165) is 13.1 Å². The van der Waals surface area contributed by atoms with Crippen LogP contribution in [0.4, 0.5) is 0 Å². The monoisotopic (exact) mass is 316 g/mol. The summed E-state index contributed by atoms with van der Waals surface area (Å²) in [5, 5.41) is 3.24. The molecule has 3 heteroatoms. The highest BCUT2D eigenvalue weighted by atomic mass is 35.5. The van der Waals surface area contributed by atoms with Crippen molar-refractivity contribution in [2.45, 2.75) is 31.7 Å². The molecule has 2 nitrogen and oxygen atoms in total. The number of hydrogen-bond donors (Lipinski definition) is 2. The molecular formula is C19H25ClN2. The molecule has 2 aromatic carbocycles. The summed E-state index contributed by atoms with van der Waals surface area (Å²) in [6, 6.07) is 17.5. The number of rotatable bonds is 2. The predicted octanol–water partition coefficient (Wildman–Crippen LogP) is 3.83. The largest absolute Gasteiger partial charge is 0.319 e. The molecule has 0 aliphatic carbocycles. The molecule has 3 N–H and O–H groups in total. The lowest BCUT2D eigenvalue weighted by Gasteiger charge is -2.39. The van der Waals surface area contributed by atoms with Crippen LogP contribution in [0.3, 0.4) is 0 Å². The first kappa shape index (κ1) is 17.0. The number of benzene rings is 2. The third-order valence-corrected chi connectivity index (χ3v) is 4.42. The lowest BCUT2D eigenvalue weighted by atomic mass is 9.84. The highest BCUT2D eigenvalue weighted by molar-refractivity contribution is 5.85. The Hall–Kier alpha value is -1.35. The second-order valence-electron chi connectivity index (χ2n) is 7.16. The minimum Gasteiger partial charge on any atom is -0.319 e. The molecule has 0 aromatic heterocycles. The fourth-order valence-electron chi connectivity index (χ4n) is 2.76. The zero-order valence-electron chi connectivity index (χ0n) is 13.5. The maximum atomic E-state index is 6.32. The van der Waals surface area contributed by atoms with Gasteiger partial charge < -0.3 is 11.1 Å². The van der Waals surface area contributed by atoms with Crippen molar-refractivity contribution in [3.8, 4) is 11.1 Å². The smallest absolute Gasteiger partial charge is 0.0662 e. The van der Waals surface area contributed by atoms with Crippen molar-refractivity contribution in [1.29, 1.82) is 0 Å². The van der Waals surface area contributed by atoms with Gasteiger partial charge in [0.15, 0.2) is 0 Å². The molecule has 1 aliphatic rings. The quantitative estimate of drug-likeness (QED) is 0.883. The summed E-state index contributed by atoms with van der Waals surface area (Å²) in [7, 11) is 0. The SMILES string of the molecule is CC(C)(C)c1ccc(-c2ccc(C3(N)CNC3)cc2)cc1.Cl. The average Bonchev–Trinajstić information content (AvgIpc) is 2.44. The minimum atomic E-state index is -0.172. The molecule has 0 atom stereocenters. The van der Waals surface area contributed by atoms with Gasteiger partial charge in [-0.05, 0) is 27.7 Å². The number of nitrogens with one attached hydrogen (secondary N) is 1. The molecule has 0 amide bonds. The van der Waals surface area contributed by atoms with Crippen LogP contribution in [-0.4, -0.2) is 13.1 Å². The molecule has 2 aromatic rings. The summed E-state index contributed by atoms with van der Waals surface area (Å²) in [5.41, 5.74) is 11.4. The van der Waals surface area contributed by atoms with Gasteiger partial charge in [-0.3, -0.25) is 0 Å². The van der Waals surface area contributed by atoms with Crippen LogP contribution < -0.4 is 11.1 Å². The Morgan fingerprint density at radius 2 is 1.32 bits per heavy atom. The molecule has 0 unspecified atom stereocenters. The molecule has 0 spiro atoms. The van der Waals surface area contributed by atoms with E-state index in [1.54, 1.807) is 0 Å². The van der Waals surface area contributed by atoms with Crippen LogP contribution in [-0.2, 0) is 11.0 Å². The van der Waals surface area contributed by atoms with Gasteiger partial charge in [-0.25, -0.2) is 0 Å². The van der Waals surface area contributed by atoms with Gasteiger partial charge >= 0.3 is 0 Å². The first-order chi connectivity index (χ1) is 9.88. The van der Waals surface area contributed by atoms with E-state index in [9.17, 15) is 0 Å². The van der Waals surface area contributed by atoms with Gasteiger partial charge in [0.25, 0.3) is 0 Å². The maximum Gasteiger partial charge on any atom is 0.0662 e. The molecule has 0 saturated carbocycles. The van der Waals surface area contributed by atoms with Crippen LogP contribution in [0.2, 0.25) is 0 Å². The number of halogens is 1. The van der Waals surface area contributed by atoms with Crippen LogP contribution in [0.5, 0.6) is 0 Å². The molecule has 1 aliphatic heterocycles. The second-order valence-corrected chi connectivity index (χ2v) is 7.16. The molecule has 1 saturated heterocycles. The van der Waals surface area contributed by atoms with Crippen molar-refractivity contribution in [3.05, 3.63) is 59.7 Å². The lowest BCUT2D eigenvalue weighted by Crippen LogP contribution is -2.62. The fourth-order valence-corrected chi connectivity index (χ4v) is 2.76. The summed E-state index contributed by atoms with van der Waals surface area (Å²) in [4.78, 5) is 0. The lowest BCUT2D eigenvalue weighted by molar-refractivity contribution is 0.287. The molecule has 22 heavy (non-hydrogen) atoms. The normalized spacial score (nSPS) is 16.5. The van der Waals surface area contributed by atoms with Gasteiger partial charge in [-0.1, -0.05) is 69.3 Å². The zero-order chi connectivity index (χ0) is 15.1. The topological polar surface area (TPSA) is 38.0 Å². The van der Waals surface area contributed by atoms with Gasteiger partial charge in [0, 0.05) is 13.1 Å². The maximum absolute atomic E-state index is 6.32. The van der Waals surface area contributed by atoms with E-state index in [1.165, 1.54) is 22.3 Å². The highest BCUT2D eigenvalue weighted by Gasteiger charge is 2.33. The van der Waals surface area contributed by atoms with Gasteiger partial charge in [0.2, 0.25) is 0 Å². The predicted molar refractivity (Wildman–Crippen MR) is 96.6 cm³/mol. The van der Waals surface area contributed by atoms with E-state index >= 15 is 0 Å². The third kappa shape index (κ3) is 3.19. The van der Waals surface area contributed by atoms with Gasteiger partial charge in [0.1, 0.15) is 0 Å². The van der Waals surface area contributed by atoms with E-state index in [4.69, 9.17) is 5.73 Å². The van der Waals surface area contributed by atoms with Crippen molar-refractivity contribution in [2.24, 2.45) is 5.73 Å². The number of hydrogen-bond acceptors (Lipinski definition) is 2. The van der Waals surface area contributed by atoms with Crippen LogP contribution in [0.25, 0.3) is 11.1 Å². The first-order valence-corrected chi connectivity index (χ1v) is 7.60. The molecule has 1 fully saturated rings. The summed E-state index contributed by atoms with van der Waals surface area (Å²) >= 11 is 0. The molecule has 1 heterocycles. The molecule has 0 radical (unpaired) electrons. The zero-order valence-corrected chi connectivity index (χ0v) is 14.3. The summed E-state index contributed by atoms with van der Waals surface area (Å²) in [5.74, 6) is 0. The van der Waals surface area contributed by atoms with E-state index in [2.05, 4.69) is 74.6 Å². The van der Waals surface area contributed by atoms with E-state index in [-0.39, 0.29) is 23.4 Å². The third-order valence-electron chi connectivity index (χ3n) is 4.42. The molecular weight excluding hydrogens is 292 g/mol. The van der Waals surface area contributed by atoms with Crippen LogP contribution in [0.1, 0.15) is 31.9 Å². The number of nitrogens with two attached hydrogens (primary N) is 1. The Bertz CT molecular complexity index is 620. The van der Waals surface area contributed by atoms with Gasteiger partial charge in [-0.2, -0.15) is 0 Å². The summed E-state index contributed by atoms with van der Waals surface area (Å²) in [6.45, 7) is 8.46. The Balaban J connectivity index is 0.00000176. The van der Waals surface area contributed by atoms with E-state index in [1.807, 2.05) is 0 Å². The van der Waals surface area contributed by atoms with Gasteiger partial charge in [-0.15, -0.1) is 12.4 Å². The fraction of sp³-hybridized carbons (Fsp3) is 0.368.